The van der Waals surface area contributed by atoms with Crippen LogP contribution in [0.5, 0.6) is 0 Å². The average Bonchev–Trinajstić information content (AvgIpc) is 3.11. The minimum absolute atomic E-state index is 0.0775. The van der Waals surface area contributed by atoms with Gasteiger partial charge >= 0.3 is 19.8 Å². The Balaban J connectivity index is 4.15. The molecule has 0 amide bonds. The quantitative estimate of drug-likeness (QED) is 0.0220. The molecule has 0 spiro atoms. The number of carbonyl (C=O) groups is 2. The van der Waals surface area contributed by atoms with E-state index in [2.05, 4.69) is 103 Å². The van der Waals surface area contributed by atoms with E-state index in [1.807, 2.05) is 12.2 Å². The van der Waals surface area contributed by atoms with Crippen LogP contribution >= 0.6 is 7.82 Å². The first-order valence-corrected chi connectivity index (χ1v) is 21.1. The third-order valence-electron chi connectivity index (χ3n) is 7.63. The summed E-state index contributed by atoms with van der Waals surface area (Å²) in [5, 5.41) is 0. The van der Waals surface area contributed by atoms with Gasteiger partial charge in [-0.2, -0.15) is 0 Å². The third-order valence-corrected chi connectivity index (χ3v) is 8.11. The van der Waals surface area contributed by atoms with Gasteiger partial charge in [0.2, 0.25) is 0 Å². The van der Waals surface area contributed by atoms with Crippen LogP contribution in [0.3, 0.4) is 0 Å². The van der Waals surface area contributed by atoms with E-state index in [0.29, 0.717) is 12.8 Å². The number of esters is 2. The Kier molecular flexibility index (Phi) is 35.5. The predicted molar refractivity (Wildman–Crippen MR) is 216 cm³/mol. The Hall–Kier alpha value is -3.03. The van der Waals surface area contributed by atoms with Gasteiger partial charge in [-0.15, -0.1) is 0 Å². The molecular formula is C43H69O8P. The van der Waals surface area contributed by atoms with Crippen LogP contribution < -0.4 is 0 Å². The highest BCUT2D eigenvalue weighted by Crippen LogP contribution is 2.35. The Bertz CT molecular complexity index is 1160. The highest BCUT2D eigenvalue weighted by molar-refractivity contribution is 7.46. The number of rotatable bonds is 34. The molecule has 0 aromatic heterocycles. The molecule has 0 aliphatic rings. The number of hydrogen-bond acceptors (Lipinski definition) is 6. The lowest BCUT2D eigenvalue weighted by Gasteiger charge is -2.18. The van der Waals surface area contributed by atoms with E-state index >= 15 is 0 Å². The van der Waals surface area contributed by atoms with Gasteiger partial charge in [-0.05, 0) is 77.0 Å². The molecule has 0 saturated heterocycles. The number of unbranched alkanes of at least 4 members (excludes halogenated alkanes) is 9. The van der Waals surface area contributed by atoms with Gasteiger partial charge in [0, 0.05) is 12.8 Å². The zero-order valence-corrected chi connectivity index (χ0v) is 33.1. The molecule has 294 valence electrons. The highest BCUT2D eigenvalue weighted by Gasteiger charge is 2.22. The van der Waals surface area contributed by atoms with Crippen molar-refractivity contribution in [1.82, 2.24) is 0 Å². The lowest BCUT2D eigenvalue weighted by atomic mass is 10.1. The van der Waals surface area contributed by atoms with Crippen molar-refractivity contribution < 1.29 is 37.9 Å². The summed E-state index contributed by atoms with van der Waals surface area (Å²) in [7, 11) is -4.78. The molecule has 0 saturated carbocycles. The molecule has 0 aromatic carbocycles. The molecule has 0 fully saturated rings. The normalized spacial score (nSPS) is 13.5. The van der Waals surface area contributed by atoms with Gasteiger partial charge in [-0.3, -0.25) is 14.1 Å². The summed E-state index contributed by atoms with van der Waals surface area (Å²) in [5.41, 5.74) is 0. The van der Waals surface area contributed by atoms with Crippen molar-refractivity contribution in [3.63, 3.8) is 0 Å². The molecule has 8 nitrogen and oxygen atoms in total. The van der Waals surface area contributed by atoms with Gasteiger partial charge in [-0.25, -0.2) is 4.57 Å². The number of phosphoric acid groups is 1. The SMILES string of the molecule is CC/C=C/C/C=C/C/C=C/C/C=C/C/C=C/C/C=C/CCC(=O)O[C@H](COC(=O)CCCCCCC/C=C/C=C/CCCCCC)COP(=O)(O)O. The van der Waals surface area contributed by atoms with Crippen LogP contribution in [0, 0.1) is 0 Å². The lowest BCUT2D eigenvalue weighted by molar-refractivity contribution is -0.161. The standard InChI is InChI=1S/C43H69O8P/c1-3-5-7-9-11-13-15-17-19-20-21-22-24-26-28-30-32-34-36-38-43(45)51-41(40-50-52(46,47)48)39-49-42(44)37-35-33-31-29-27-25-23-18-16-14-12-10-8-6-4-2/h5,7,11,13-14,16-19,21-23,26,28,32,34,41H,3-4,6,8-10,12,15,20,24-25,27,29-31,33,35-40H2,1-2H3,(H2,46,47,48)/b7-5+,13-11+,16-14+,19-17+,22-21+,23-18+,28-26+,34-32+/t41-/m1/s1. The maximum atomic E-state index is 12.3. The zero-order valence-electron chi connectivity index (χ0n) is 32.2. The van der Waals surface area contributed by atoms with Gasteiger partial charge in [-0.1, -0.05) is 150 Å². The molecule has 9 heteroatoms. The predicted octanol–water partition coefficient (Wildman–Crippen LogP) is 11.8. The van der Waals surface area contributed by atoms with Crippen LogP contribution in [0.2, 0.25) is 0 Å². The fraction of sp³-hybridized carbons (Fsp3) is 0.581. The van der Waals surface area contributed by atoms with Crippen molar-refractivity contribution >= 4 is 19.8 Å². The highest BCUT2D eigenvalue weighted by atomic mass is 31.2. The van der Waals surface area contributed by atoms with E-state index in [0.717, 1.165) is 77.0 Å². The molecule has 0 radical (unpaired) electrons. The molecule has 0 bridgehead atoms. The van der Waals surface area contributed by atoms with Crippen molar-refractivity contribution in [1.29, 1.82) is 0 Å². The second kappa shape index (κ2) is 37.7. The van der Waals surface area contributed by atoms with E-state index in [4.69, 9.17) is 19.3 Å². The number of ether oxygens (including phenoxy) is 2. The summed E-state index contributed by atoms with van der Waals surface area (Å²) in [6.45, 7) is 3.45. The van der Waals surface area contributed by atoms with Crippen molar-refractivity contribution in [2.75, 3.05) is 13.2 Å². The van der Waals surface area contributed by atoms with Crippen LogP contribution in [0.25, 0.3) is 0 Å². The Labute approximate surface area is 315 Å². The number of phosphoric ester groups is 1. The van der Waals surface area contributed by atoms with Crippen molar-refractivity contribution in [3.8, 4) is 0 Å². The van der Waals surface area contributed by atoms with Gasteiger partial charge in [0.05, 0.1) is 6.61 Å². The summed E-state index contributed by atoms with van der Waals surface area (Å²) in [4.78, 5) is 42.7. The molecule has 0 heterocycles. The first-order chi connectivity index (χ1) is 25.3. The number of carbonyl (C=O) groups excluding carboxylic acids is 2. The molecule has 52 heavy (non-hydrogen) atoms. The molecule has 0 aromatic rings. The van der Waals surface area contributed by atoms with Crippen LogP contribution in [0.1, 0.15) is 142 Å². The summed E-state index contributed by atoms with van der Waals surface area (Å²) in [5.74, 6) is -1.01. The molecular weight excluding hydrogens is 675 g/mol. The largest absolute Gasteiger partial charge is 0.469 e. The molecule has 2 N–H and O–H groups in total. The fourth-order valence-electron chi connectivity index (χ4n) is 4.74. The van der Waals surface area contributed by atoms with Gasteiger partial charge in [0.15, 0.2) is 6.10 Å². The summed E-state index contributed by atoms with van der Waals surface area (Å²) < 4.78 is 26.2. The van der Waals surface area contributed by atoms with Crippen molar-refractivity contribution in [2.24, 2.45) is 0 Å². The first kappa shape index (κ1) is 49.0. The van der Waals surface area contributed by atoms with E-state index < -0.39 is 32.5 Å². The smallest absolute Gasteiger partial charge is 0.462 e. The second-order valence-corrected chi connectivity index (χ2v) is 13.8. The van der Waals surface area contributed by atoms with E-state index in [1.165, 1.54) is 25.7 Å². The zero-order chi connectivity index (χ0) is 38.2. The Morgan fingerprint density at radius 1 is 0.538 bits per heavy atom. The number of allylic oxidation sites excluding steroid dienone is 16. The van der Waals surface area contributed by atoms with Gasteiger partial charge < -0.3 is 19.3 Å². The summed E-state index contributed by atoms with van der Waals surface area (Å²) in [6, 6.07) is 0. The topological polar surface area (TPSA) is 119 Å². The monoisotopic (exact) mass is 744 g/mol. The molecule has 1 atom stereocenters. The second-order valence-electron chi connectivity index (χ2n) is 12.5. The van der Waals surface area contributed by atoms with Gasteiger partial charge in [0.25, 0.3) is 0 Å². The van der Waals surface area contributed by atoms with Crippen LogP contribution in [-0.2, 0) is 28.2 Å². The van der Waals surface area contributed by atoms with E-state index in [9.17, 15) is 14.2 Å². The maximum Gasteiger partial charge on any atom is 0.469 e. The molecule has 0 rings (SSSR count). The lowest BCUT2D eigenvalue weighted by Crippen LogP contribution is -2.29. The van der Waals surface area contributed by atoms with E-state index in [1.54, 1.807) is 0 Å². The average molecular weight is 745 g/mol. The minimum Gasteiger partial charge on any atom is -0.462 e. The van der Waals surface area contributed by atoms with Crippen molar-refractivity contribution in [2.45, 2.75) is 148 Å². The summed E-state index contributed by atoms with van der Waals surface area (Å²) in [6.07, 6.45) is 51.4. The first-order valence-electron chi connectivity index (χ1n) is 19.5. The molecule has 0 aliphatic heterocycles. The molecule has 0 unspecified atom stereocenters. The van der Waals surface area contributed by atoms with Crippen LogP contribution in [-0.4, -0.2) is 41.0 Å². The Morgan fingerprint density at radius 2 is 1.02 bits per heavy atom. The third kappa shape index (κ3) is 39.8. The summed E-state index contributed by atoms with van der Waals surface area (Å²) >= 11 is 0. The minimum atomic E-state index is -4.78. The van der Waals surface area contributed by atoms with Crippen LogP contribution in [0.4, 0.5) is 0 Å². The molecule has 0 aliphatic carbocycles. The number of hydrogen-bond donors (Lipinski definition) is 2. The van der Waals surface area contributed by atoms with Crippen molar-refractivity contribution in [3.05, 3.63) is 97.2 Å². The Morgan fingerprint density at radius 3 is 1.54 bits per heavy atom. The fourth-order valence-corrected chi connectivity index (χ4v) is 5.10. The van der Waals surface area contributed by atoms with Gasteiger partial charge in [0.1, 0.15) is 6.61 Å². The van der Waals surface area contributed by atoms with Crippen LogP contribution in [0.15, 0.2) is 97.2 Å². The maximum absolute atomic E-state index is 12.3. The van der Waals surface area contributed by atoms with E-state index in [-0.39, 0.29) is 19.4 Å².